The van der Waals surface area contributed by atoms with Crippen LogP contribution in [0.4, 0.5) is 5.69 Å². The second-order valence-electron chi connectivity index (χ2n) is 6.62. The number of benzene rings is 1. The van der Waals surface area contributed by atoms with Crippen LogP contribution in [0, 0.1) is 0 Å². The van der Waals surface area contributed by atoms with E-state index in [1.165, 1.54) is 11.3 Å². The molecule has 0 aromatic heterocycles. The monoisotopic (exact) mass is 246 g/mol. The predicted molar refractivity (Wildman–Crippen MR) is 79.2 cm³/mol. The molecule has 0 bridgehead atoms. The van der Waals surface area contributed by atoms with Gasteiger partial charge in [-0.1, -0.05) is 32.9 Å². The first-order chi connectivity index (χ1) is 8.38. The van der Waals surface area contributed by atoms with Gasteiger partial charge in [-0.25, -0.2) is 0 Å². The highest BCUT2D eigenvalue weighted by Gasteiger charge is 2.23. The molecule has 1 aliphatic rings. The summed E-state index contributed by atoms with van der Waals surface area (Å²) < 4.78 is 0. The Morgan fingerprint density at radius 1 is 1.17 bits per heavy atom. The van der Waals surface area contributed by atoms with E-state index in [0.717, 1.165) is 19.4 Å². The Labute approximate surface area is 111 Å². The van der Waals surface area contributed by atoms with Crippen molar-refractivity contribution in [1.82, 2.24) is 0 Å². The first-order valence-corrected chi connectivity index (χ1v) is 7.00. The summed E-state index contributed by atoms with van der Waals surface area (Å²) in [6.07, 6.45) is 2.20. The van der Waals surface area contributed by atoms with E-state index >= 15 is 0 Å². The zero-order chi connectivity index (χ0) is 13.3. The summed E-state index contributed by atoms with van der Waals surface area (Å²) in [5, 5.41) is 0. The summed E-state index contributed by atoms with van der Waals surface area (Å²) in [7, 11) is 0. The van der Waals surface area contributed by atoms with Gasteiger partial charge in [-0.05, 0) is 42.9 Å². The molecule has 1 aromatic rings. The lowest BCUT2D eigenvalue weighted by Gasteiger charge is -2.38. The molecule has 1 fully saturated rings. The average Bonchev–Trinajstić information content (AvgIpc) is 2.28. The van der Waals surface area contributed by atoms with Gasteiger partial charge in [0, 0.05) is 24.3 Å². The number of rotatable bonds is 1. The summed E-state index contributed by atoms with van der Waals surface area (Å²) >= 11 is 0. The Kier molecular flexibility index (Phi) is 3.67. The van der Waals surface area contributed by atoms with Gasteiger partial charge in [-0.15, -0.1) is 0 Å². The van der Waals surface area contributed by atoms with Gasteiger partial charge in [0.2, 0.25) is 0 Å². The minimum absolute atomic E-state index is 0.231. The van der Waals surface area contributed by atoms with Crippen molar-refractivity contribution in [2.24, 2.45) is 5.73 Å². The van der Waals surface area contributed by atoms with Crippen molar-refractivity contribution in [2.45, 2.75) is 58.0 Å². The maximum atomic E-state index is 6.02. The van der Waals surface area contributed by atoms with Gasteiger partial charge in [0.15, 0.2) is 0 Å². The Morgan fingerprint density at radius 2 is 1.78 bits per heavy atom. The number of nitrogens with zero attached hydrogens (tertiary/aromatic N) is 1. The molecule has 1 aromatic carbocycles. The van der Waals surface area contributed by atoms with Crippen LogP contribution in [0.1, 0.15) is 46.1 Å². The maximum absolute atomic E-state index is 6.02. The molecular weight excluding hydrogens is 220 g/mol. The summed E-state index contributed by atoms with van der Waals surface area (Å²) in [4.78, 5) is 2.48. The molecule has 0 radical (unpaired) electrons. The van der Waals surface area contributed by atoms with Crippen molar-refractivity contribution < 1.29 is 0 Å². The van der Waals surface area contributed by atoms with Gasteiger partial charge in [0.25, 0.3) is 0 Å². The number of anilines is 1. The van der Waals surface area contributed by atoms with Crippen molar-refractivity contribution in [3.05, 3.63) is 29.8 Å². The third-order valence-electron chi connectivity index (χ3n) is 3.98. The van der Waals surface area contributed by atoms with Gasteiger partial charge < -0.3 is 10.6 Å². The van der Waals surface area contributed by atoms with Gasteiger partial charge in [-0.3, -0.25) is 0 Å². The zero-order valence-corrected chi connectivity index (χ0v) is 12.1. The van der Waals surface area contributed by atoms with Crippen LogP contribution in [-0.4, -0.2) is 18.6 Å². The lowest BCUT2D eigenvalue weighted by Crippen LogP contribution is -2.45. The van der Waals surface area contributed by atoms with E-state index in [-0.39, 0.29) is 5.41 Å². The van der Waals surface area contributed by atoms with Crippen molar-refractivity contribution in [1.29, 1.82) is 0 Å². The maximum Gasteiger partial charge on any atom is 0.0368 e. The Hall–Kier alpha value is -1.02. The van der Waals surface area contributed by atoms with Crippen LogP contribution < -0.4 is 10.6 Å². The third-order valence-corrected chi connectivity index (χ3v) is 3.98. The number of hydrogen-bond donors (Lipinski definition) is 1. The molecule has 2 unspecified atom stereocenters. The quantitative estimate of drug-likeness (QED) is 0.824. The number of hydrogen-bond acceptors (Lipinski definition) is 2. The van der Waals surface area contributed by atoms with E-state index in [9.17, 15) is 0 Å². The summed E-state index contributed by atoms with van der Waals surface area (Å²) in [6, 6.07) is 9.97. The molecule has 100 valence electrons. The molecule has 0 spiro atoms. The molecule has 1 saturated heterocycles. The molecular formula is C16H26N2. The van der Waals surface area contributed by atoms with Crippen LogP contribution in [0.3, 0.4) is 0 Å². The van der Waals surface area contributed by atoms with E-state index in [2.05, 4.69) is 56.9 Å². The molecule has 0 saturated carbocycles. The highest BCUT2D eigenvalue weighted by atomic mass is 15.2. The van der Waals surface area contributed by atoms with E-state index in [1.807, 2.05) is 0 Å². The fourth-order valence-corrected chi connectivity index (χ4v) is 2.75. The minimum Gasteiger partial charge on any atom is -0.369 e. The van der Waals surface area contributed by atoms with Gasteiger partial charge in [0.1, 0.15) is 0 Å². The summed E-state index contributed by atoms with van der Waals surface area (Å²) in [5.74, 6) is 0. The number of piperidine rings is 1. The van der Waals surface area contributed by atoms with E-state index in [4.69, 9.17) is 5.73 Å². The molecule has 1 aliphatic heterocycles. The zero-order valence-electron chi connectivity index (χ0n) is 12.1. The van der Waals surface area contributed by atoms with Crippen LogP contribution in [0.5, 0.6) is 0 Å². The van der Waals surface area contributed by atoms with Crippen LogP contribution in [0.15, 0.2) is 24.3 Å². The molecule has 2 heteroatoms. The molecule has 2 atom stereocenters. The fraction of sp³-hybridized carbons (Fsp3) is 0.625. The topological polar surface area (TPSA) is 29.3 Å². The normalized spacial score (nSPS) is 25.3. The number of nitrogens with two attached hydrogens (primary N) is 1. The predicted octanol–water partition coefficient (Wildman–Crippen LogP) is 3.30. The van der Waals surface area contributed by atoms with E-state index < -0.39 is 0 Å². The second-order valence-corrected chi connectivity index (χ2v) is 6.62. The highest BCUT2D eigenvalue weighted by Crippen LogP contribution is 2.28. The summed E-state index contributed by atoms with van der Waals surface area (Å²) in [5.41, 5.74) is 8.98. The largest absolute Gasteiger partial charge is 0.369 e. The van der Waals surface area contributed by atoms with Crippen LogP contribution in [-0.2, 0) is 5.41 Å². The second kappa shape index (κ2) is 4.93. The lowest BCUT2D eigenvalue weighted by molar-refractivity contribution is 0.429. The molecule has 1 heterocycles. The third kappa shape index (κ3) is 2.86. The fourth-order valence-electron chi connectivity index (χ4n) is 2.75. The molecule has 2 nitrogen and oxygen atoms in total. The first-order valence-electron chi connectivity index (χ1n) is 7.00. The molecule has 2 rings (SSSR count). The smallest absolute Gasteiger partial charge is 0.0368 e. The molecule has 18 heavy (non-hydrogen) atoms. The van der Waals surface area contributed by atoms with Crippen LogP contribution in [0.25, 0.3) is 0 Å². The van der Waals surface area contributed by atoms with Gasteiger partial charge >= 0.3 is 0 Å². The highest BCUT2D eigenvalue weighted by molar-refractivity contribution is 5.49. The van der Waals surface area contributed by atoms with Crippen molar-refractivity contribution in [2.75, 3.05) is 11.4 Å². The summed E-state index contributed by atoms with van der Waals surface area (Å²) in [6.45, 7) is 10.1. The molecule has 2 N–H and O–H groups in total. The Balaban J connectivity index is 2.15. The van der Waals surface area contributed by atoms with E-state index in [0.29, 0.717) is 12.1 Å². The van der Waals surface area contributed by atoms with Crippen LogP contribution >= 0.6 is 0 Å². The lowest BCUT2D eigenvalue weighted by atomic mass is 9.87. The standard InChI is InChI=1S/C16H26N2/c1-12-11-14(17)9-10-18(12)15-7-5-13(6-8-15)16(2,3)4/h5-8,12,14H,9-11,17H2,1-4H3. The van der Waals surface area contributed by atoms with Crippen molar-refractivity contribution in [3.63, 3.8) is 0 Å². The van der Waals surface area contributed by atoms with Crippen molar-refractivity contribution >= 4 is 5.69 Å². The Bertz CT molecular complexity index is 389. The molecule has 0 amide bonds. The van der Waals surface area contributed by atoms with Crippen LogP contribution in [0.2, 0.25) is 0 Å². The average molecular weight is 246 g/mol. The van der Waals surface area contributed by atoms with Gasteiger partial charge in [0.05, 0.1) is 0 Å². The SMILES string of the molecule is CC1CC(N)CCN1c1ccc(C(C)(C)C)cc1. The van der Waals surface area contributed by atoms with E-state index in [1.54, 1.807) is 0 Å². The van der Waals surface area contributed by atoms with Crippen molar-refractivity contribution in [3.8, 4) is 0 Å². The van der Waals surface area contributed by atoms with Gasteiger partial charge in [-0.2, -0.15) is 0 Å². The first kappa shape index (κ1) is 13.4. The Morgan fingerprint density at radius 3 is 2.28 bits per heavy atom. The minimum atomic E-state index is 0.231. The molecule has 0 aliphatic carbocycles.